The van der Waals surface area contributed by atoms with Gasteiger partial charge in [-0.2, -0.15) is 0 Å². The molecule has 14 heavy (non-hydrogen) atoms. The molecule has 5 heteroatoms. The minimum Gasteiger partial charge on any atom is -0.464 e. The third-order valence-electron chi connectivity index (χ3n) is 1.86. The van der Waals surface area contributed by atoms with Gasteiger partial charge in [-0.25, -0.2) is 14.5 Å². The molecule has 1 rings (SSSR count). The number of carbonyl (C=O) groups is 1. The zero-order valence-corrected chi connectivity index (χ0v) is 8.65. The van der Waals surface area contributed by atoms with Gasteiger partial charge >= 0.3 is 5.97 Å². The number of esters is 1. The van der Waals surface area contributed by atoms with E-state index < -0.39 is 5.97 Å². The number of methoxy groups -OCH3 is 1. The lowest BCUT2D eigenvalue weighted by molar-refractivity contribution is 0.0590. The van der Waals surface area contributed by atoms with E-state index in [9.17, 15) is 4.79 Å². The van der Waals surface area contributed by atoms with E-state index in [1.54, 1.807) is 0 Å². The number of ether oxygens (including phenoxy) is 1. The van der Waals surface area contributed by atoms with Crippen LogP contribution in [0.2, 0.25) is 0 Å². The molecule has 0 unspecified atom stereocenters. The summed E-state index contributed by atoms with van der Waals surface area (Å²) in [6.07, 6.45) is 2.18. The van der Waals surface area contributed by atoms with Gasteiger partial charge < -0.3 is 10.6 Å². The third kappa shape index (κ3) is 2.04. The molecule has 1 heterocycles. The highest BCUT2D eigenvalue weighted by Crippen LogP contribution is 2.07. The number of nitrogens with zero attached hydrogens (tertiary/aromatic N) is 2. The number of nitrogen functional groups attached to an aromatic ring is 1. The molecule has 0 aliphatic carbocycles. The van der Waals surface area contributed by atoms with Gasteiger partial charge in [0.25, 0.3) is 0 Å². The average Bonchev–Trinajstić information content (AvgIpc) is 2.46. The monoisotopic (exact) mass is 197 g/mol. The Hall–Kier alpha value is -1.52. The minimum absolute atomic E-state index is 0.281. The zero-order chi connectivity index (χ0) is 10.7. The van der Waals surface area contributed by atoms with Crippen LogP contribution in [0.1, 0.15) is 30.2 Å². The Morgan fingerprint density at radius 2 is 2.36 bits per heavy atom. The summed E-state index contributed by atoms with van der Waals surface area (Å²) in [5, 5.41) is 0. The fraction of sp³-hybridized carbons (Fsp3) is 0.556. The second kappa shape index (κ2) is 4.13. The average molecular weight is 197 g/mol. The van der Waals surface area contributed by atoms with Crippen molar-refractivity contribution < 1.29 is 9.53 Å². The lowest BCUT2D eigenvalue weighted by Crippen LogP contribution is -2.20. The van der Waals surface area contributed by atoms with Gasteiger partial charge in [0.2, 0.25) is 0 Å². The Morgan fingerprint density at radius 1 is 1.71 bits per heavy atom. The first-order chi connectivity index (χ1) is 6.56. The number of hydrogen-bond acceptors (Lipinski definition) is 4. The van der Waals surface area contributed by atoms with Crippen LogP contribution in [-0.2, 0) is 11.2 Å². The van der Waals surface area contributed by atoms with E-state index in [-0.39, 0.29) is 5.69 Å². The van der Waals surface area contributed by atoms with Crippen molar-refractivity contribution in [2.45, 2.75) is 20.3 Å². The van der Waals surface area contributed by atoms with Crippen LogP contribution < -0.4 is 5.84 Å². The van der Waals surface area contributed by atoms with Gasteiger partial charge in [0.1, 0.15) is 5.82 Å². The van der Waals surface area contributed by atoms with Gasteiger partial charge in [0, 0.05) is 6.42 Å². The maximum Gasteiger partial charge on any atom is 0.358 e. The molecule has 1 aromatic heterocycles. The summed E-state index contributed by atoms with van der Waals surface area (Å²) in [5.74, 6) is 6.36. The molecule has 0 spiro atoms. The van der Waals surface area contributed by atoms with E-state index in [1.807, 2.05) is 0 Å². The van der Waals surface area contributed by atoms with Crippen molar-refractivity contribution in [3.8, 4) is 0 Å². The molecule has 0 radical (unpaired) electrons. The largest absolute Gasteiger partial charge is 0.464 e. The molecule has 0 saturated carbocycles. The van der Waals surface area contributed by atoms with Crippen molar-refractivity contribution in [3.63, 3.8) is 0 Å². The molecule has 2 N–H and O–H groups in total. The number of rotatable bonds is 3. The first-order valence-electron chi connectivity index (χ1n) is 4.46. The number of nitrogens with two attached hydrogens (primary N) is 1. The second-order valence-electron chi connectivity index (χ2n) is 3.52. The SMILES string of the molecule is COC(=O)c1cnc(CC(C)C)n1N. The van der Waals surface area contributed by atoms with Crippen LogP contribution in [0.3, 0.4) is 0 Å². The molecule has 78 valence electrons. The Labute approximate surface area is 82.8 Å². The molecule has 0 amide bonds. The van der Waals surface area contributed by atoms with Crippen LogP contribution in [0.4, 0.5) is 0 Å². The molecule has 5 nitrogen and oxygen atoms in total. The van der Waals surface area contributed by atoms with E-state index in [4.69, 9.17) is 5.84 Å². The normalized spacial score (nSPS) is 10.6. The topological polar surface area (TPSA) is 70.1 Å². The van der Waals surface area contributed by atoms with Crippen LogP contribution in [0.5, 0.6) is 0 Å². The van der Waals surface area contributed by atoms with Crippen LogP contribution in [0.15, 0.2) is 6.20 Å². The summed E-state index contributed by atoms with van der Waals surface area (Å²) in [5.41, 5.74) is 0.281. The Kier molecular flexibility index (Phi) is 3.11. The van der Waals surface area contributed by atoms with Crippen LogP contribution in [-0.4, -0.2) is 22.7 Å². The van der Waals surface area contributed by atoms with Crippen LogP contribution in [0.25, 0.3) is 0 Å². The quantitative estimate of drug-likeness (QED) is 0.568. The van der Waals surface area contributed by atoms with Gasteiger partial charge in [-0.15, -0.1) is 0 Å². The molecule has 1 aromatic rings. The molecule has 0 fully saturated rings. The summed E-state index contributed by atoms with van der Waals surface area (Å²) in [7, 11) is 1.32. The fourth-order valence-electron chi connectivity index (χ4n) is 1.17. The van der Waals surface area contributed by atoms with Crippen LogP contribution >= 0.6 is 0 Å². The van der Waals surface area contributed by atoms with Crippen molar-refractivity contribution in [2.75, 3.05) is 13.0 Å². The van der Waals surface area contributed by atoms with E-state index in [0.29, 0.717) is 11.7 Å². The summed E-state index contributed by atoms with van der Waals surface area (Å²) in [6.45, 7) is 4.12. The zero-order valence-electron chi connectivity index (χ0n) is 8.65. The van der Waals surface area contributed by atoms with Gasteiger partial charge in [-0.3, -0.25) is 0 Å². The summed E-state index contributed by atoms with van der Waals surface area (Å²) in [6, 6.07) is 0. The summed E-state index contributed by atoms with van der Waals surface area (Å²) >= 11 is 0. The van der Waals surface area contributed by atoms with Crippen molar-refractivity contribution in [2.24, 2.45) is 5.92 Å². The fourth-order valence-corrected chi connectivity index (χ4v) is 1.17. The highest BCUT2D eigenvalue weighted by atomic mass is 16.5. The number of hydrogen-bond donors (Lipinski definition) is 1. The van der Waals surface area contributed by atoms with Crippen molar-refractivity contribution >= 4 is 5.97 Å². The van der Waals surface area contributed by atoms with Gasteiger partial charge in [0.15, 0.2) is 5.69 Å². The Balaban J connectivity index is 2.90. The van der Waals surface area contributed by atoms with Crippen molar-refractivity contribution in [1.82, 2.24) is 9.66 Å². The van der Waals surface area contributed by atoms with E-state index in [2.05, 4.69) is 23.6 Å². The van der Waals surface area contributed by atoms with Crippen molar-refractivity contribution in [3.05, 3.63) is 17.7 Å². The maximum atomic E-state index is 11.2. The maximum absolute atomic E-state index is 11.2. The predicted octanol–water partition coefficient (Wildman–Crippen LogP) is 0.582. The van der Waals surface area contributed by atoms with E-state index in [1.165, 1.54) is 18.0 Å². The Morgan fingerprint density at radius 3 is 2.86 bits per heavy atom. The van der Waals surface area contributed by atoms with Crippen LogP contribution in [0, 0.1) is 5.92 Å². The Bertz CT molecular complexity index is 331. The predicted molar refractivity (Wildman–Crippen MR) is 52.3 cm³/mol. The summed E-state index contributed by atoms with van der Waals surface area (Å²) in [4.78, 5) is 15.2. The molecule has 0 aliphatic heterocycles. The van der Waals surface area contributed by atoms with Gasteiger partial charge in [-0.05, 0) is 5.92 Å². The summed E-state index contributed by atoms with van der Waals surface area (Å²) < 4.78 is 5.84. The highest BCUT2D eigenvalue weighted by molar-refractivity contribution is 5.87. The molecule has 0 aromatic carbocycles. The van der Waals surface area contributed by atoms with Gasteiger partial charge in [-0.1, -0.05) is 13.8 Å². The molecular formula is C9H15N3O2. The number of carbonyl (C=O) groups excluding carboxylic acids is 1. The first kappa shape index (κ1) is 10.6. The lowest BCUT2D eigenvalue weighted by atomic mass is 10.1. The second-order valence-corrected chi connectivity index (χ2v) is 3.52. The smallest absolute Gasteiger partial charge is 0.358 e. The highest BCUT2D eigenvalue weighted by Gasteiger charge is 2.15. The number of imidazole rings is 1. The number of aromatic nitrogens is 2. The van der Waals surface area contributed by atoms with E-state index >= 15 is 0 Å². The first-order valence-corrected chi connectivity index (χ1v) is 4.46. The van der Waals surface area contributed by atoms with Crippen molar-refractivity contribution in [1.29, 1.82) is 0 Å². The molecule has 0 atom stereocenters. The molecule has 0 aliphatic rings. The molecule has 0 bridgehead atoms. The standard InChI is InChI=1S/C9H15N3O2/c1-6(2)4-8-11-5-7(12(8)10)9(13)14-3/h5-6H,4,10H2,1-3H3. The third-order valence-corrected chi connectivity index (χ3v) is 1.86. The van der Waals surface area contributed by atoms with Gasteiger partial charge in [0.05, 0.1) is 13.3 Å². The van der Waals surface area contributed by atoms with E-state index in [0.717, 1.165) is 6.42 Å². The lowest BCUT2D eigenvalue weighted by Gasteiger charge is -2.05. The molecule has 0 saturated heterocycles. The molecular weight excluding hydrogens is 182 g/mol. The minimum atomic E-state index is -0.463.